The first-order valence-corrected chi connectivity index (χ1v) is 3.40. The number of hydrogen-bond acceptors (Lipinski definition) is 4. The third-order valence-electron chi connectivity index (χ3n) is 1.53. The van der Waals surface area contributed by atoms with Crippen LogP contribution in [0.15, 0.2) is 0 Å². The van der Waals surface area contributed by atoms with Crippen LogP contribution in [0.5, 0.6) is 0 Å². The molecule has 0 bridgehead atoms. The molecule has 1 aliphatic heterocycles. The Morgan fingerprint density at radius 3 is 3.00 bits per heavy atom. The van der Waals surface area contributed by atoms with Gasteiger partial charge in [0, 0.05) is 13.1 Å². The summed E-state index contributed by atoms with van der Waals surface area (Å²) < 4.78 is 0. The predicted molar refractivity (Wildman–Crippen MR) is 36.7 cm³/mol. The van der Waals surface area contributed by atoms with Crippen molar-refractivity contribution in [2.75, 3.05) is 26.2 Å². The molecule has 0 aromatic rings. The van der Waals surface area contributed by atoms with Gasteiger partial charge in [-0.3, -0.25) is 14.5 Å². The molecule has 0 radical (unpaired) electrons. The van der Waals surface area contributed by atoms with Crippen LogP contribution in [0.4, 0.5) is 0 Å². The Morgan fingerprint density at radius 1 is 1.73 bits per heavy atom. The normalized spacial score (nSPS) is 18.6. The van der Waals surface area contributed by atoms with Crippen molar-refractivity contribution < 1.29 is 14.7 Å². The molecule has 0 saturated carbocycles. The van der Waals surface area contributed by atoms with Gasteiger partial charge in [0.25, 0.3) is 5.91 Å². The van der Waals surface area contributed by atoms with Gasteiger partial charge in [0.2, 0.25) is 5.91 Å². The van der Waals surface area contributed by atoms with Crippen LogP contribution in [0.2, 0.25) is 0 Å². The Kier molecular flexibility index (Phi) is 2.56. The summed E-state index contributed by atoms with van der Waals surface area (Å²) in [5.74, 6) is -0.785. The maximum Gasteiger partial charge on any atom is 0.254 e. The molecule has 0 spiro atoms. The molecule has 2 amide bonds. The smallest absolute Gasteiger partial charge is 0.254 e. The molecule has 1 rings (SSSR count). The molecule has 1 aliphatic rings. The molecule has 0 aromatic carbocycles. The number of carbonyl (C=O) groups is 2. The van der Waals surface area contributed by atoms with E-state index in [1.165, 1.54) is 0 Å². The molecule has 0 aliphatic carbocycles. The molecular weight excluding hydrogens is 148 g/mol. The van der Waals surface area contributed by atoms with E-state index in [1.54, 1.807) is 0 Å². The minimum Gasteiger partial charge on any atom is -0.387 e. The van der Waals surface area contributed by atoms with Crippen LogP contribution in [0, 0.1) is 0 Å². The van der Waals surface area contributed by atoms with Crippen molar-refractivity contribution in [1.82, 2.24) is 10.2 Å². The van der Waals surface area contributed by atoms with Gasteiger partial charge in [-0.2, -0.15) is 0 Å². The Hall–Kier alpha value is -0.940. The lowest BCUT2D eigenvalue weighted by molar-refractivity contribution is -0.147. The number of aliphatic hydroxyl groups excluding tert-OH is 1. The van der Waals surface area contributed by atoms with Crippen LogP contribution in [0.25, 0.3) is 0 Å². The van der Waals surface area contributed by atoms with Crippen LogP contribution in [0.3, 0.4) is 0 Å². The van der Waals surface area contributed by atoms with Crippen molar-refractivity contribution in [3.63, 3.8) is 0 Å². The van der Waals surface area contributed by atoms with Crippen molar-refractivity contribution in [1.29, 1.82) is 0 Å². The first-order chi connectivity index (χ1) is 5.25. The van der Waals surface area contributed by atoms with E-state index in [0.717, 1.165) is 4.90 Å². The topological polar surface area (TPSA) is 69.6 Å². The molecule has 1 heterocycles. The molecule has 5 heteroatoms. The van der Waals surface area contributed by atoms with Gasteiger partial charge in [0.15, 0.2) is 0 Å². The second-order valence-corrected chi connectivity index (χ2v) is 2.27. The highest BCUT2D eigenvalue weighted by Crippen LogP contribution is 1.93. The highest BCUT2D eigenvalue weighted by Gasteiger charge is 2.22. The van der Waals surface area contributed by atoms with Crippen LogP contribution >= 0.6 is 0 Å². The number of aliphatic hydroxyl groups is 1. The first-order valence-electron chi connectivity index (χ1n) is 3.40. The van der Waals surface area contributed by atoms with Crippen molar-refractivity contribution in [2.24, 2.45) is 0 Å². The van der Waals surface area contributed by atoms with E-state index in [-0.39, 0.29) is 12.5 Å². The Morgan fingerprint density at radius 2 is 2.45 bits per heavy atom. The molecule has 11 heavy (non-hydrogen) atoms. The Labute approximate surface area is 64.0 Å². The summed E-state index contributed by atoms with van der Waals surface area (Å²) in [7, 11) is 0. The highest BCUT2D eigenvalue weighted by atomic mass is 16.3. The van der Waals surface area contributed by atoms with E-state index in [4.69, 9.17) is 5.11 Å². The van der Waals surface area contributed by atoms with Crippen LogP contribution in [-0.2, 0) is 9.59 Å². The van der Waals surface area contributed by atoms with E-state index in [9.17, 15) is 9.59 Å². The number of nitrogens with zero attached hydrogens (tertiary/aromatic N) is 1. The number of carbonyl (C=O) groups excluding carboxylic acids is 2. The molecule has 0 atom stereocenters. The minimum absolute atomic E-state index is 0.186. The van der Waals surface area contributed by atoms with Gasteiger partial charge in [-0.15, -0.1) is 0 Å². The second kappa shape index (κ2) is 3.45. The van der Waals surface area contributed by atoms with E-state index in [0.29, 0.717) is 13.1 Å². The largest absolute Gasteiger partial charge is 0.387 e. The Bertz CT molecular complexity index is 173. The number of piperazine rings is 1. The van der Waals surface area contributed by atoms with Crippen molar-refractivity contribution in [3.8, 4) is 0 Å². The van der Waals surface area contributed by atoms with Gasteiger partial charge in [0.1, 0.15) is 6.61 Å². The lowest BCUT2D eigenvalue weighted by atomic mass is 10.3. The third kappa shape index (κ3) is 1.75. The summed E-state index contributed by atoms with van der Waals surface area (Å²) in [6.45, 7) is 0.563. The monoisotopic (exact) mass is 158 g/mol. The van der Waals surface area contributed by atoms with Crippen molar-refractivity contribution in [3.05, 3.63) is 0 Å². The van der Waals surface area contributed by atoms with Crippen LogP contribution < -0.4 is 5.32 Å². The SMILES string of the molecule is O=C(CO)N1CCNCC1=O. The van der Waals surface area contributed by atoms with Gasteiger partial charge in [-0.25, -0.2) is 0 Å². The summed E-state index contributed by atoms with van der Waals surface area (Å²) in [4.78, 5) is 22.8. The standard InChI is InChI=1S/C6H10N2O3/c9-4-6(11)8-2-1-7-3-5(8)10/h7,9H,1-4H2. The second-order valence-electron chi connectivity index (χ2n) is 2.27. The van der Waals surface area contributed by atoms with E-state index >= 15 is 0 Å². The number of hydrogen-bond donors (Lipinski definition) is 2. The fraction of sp³-hybridized carbons (Fsp3) is 0.667. The fourth-order valence-corrected chi connectivity index (χ4v) is 0.955. The zero-order valence-corrected chi connectivity index (χ0v) is 6.04. The molecular formula is C6H10N2O3. The van der Waals surface area contributed by atoms with Gasteiger partial charge in [0.05, 0.1) is 6.54 Å². The number of nitrogens with one attached hydrogen (secondary N) is 1. The van der Waals surface area contributed by atoms with Crippen LogP contribution in [0.1, 0.15) is 0 Å². The fourth-order valence-electron chi connectivity index (χ4n) is 0.955. The molecule has 1 fully saturated rings. The molecule has 1 saturated heterocycles. The highest BCUT2D eigenvalue weighted by molar-refractivity contribution is 5.97. The summed E-state index contributed by atoms with van der Waals surface area (Å²) in [5.41, 5.74) is 0. The van der Waals surface area contributed by atoms with E-state index in [1.807, 2.05) is 0 Å². The number of amides is 2. The molecule has 62 valence electrons. The zero-order valence-electron chi connectivity index (χ0n) is 6.04. The molecule has 0 aromatic heterocycles. The average Bonchev–Trinajstić information content (AvgIpc) is 2.04. The van der Waals surface area contributed by atoms with Gasteiger partial charge in [-0.05, 0) is 0 Å². The van der Waals surface area contributed by atoms with Gasteiger partial charge >= 0.3 is 0 Å². The Balaban J connectivity index is 2.54. The van der Waals surface area contributed by atoms with Crippen LogP contribution in [-0.4, -0.2) is 48.1 Å². The predicted octanol–water partition coefficient (Wildman–Crippen LogP) is -2.06. The summed E-state index contributed by atoms with van der Waals surface area (Å²) in [5, 5.41) is 11.3. The lowest BCUT2D eigenvalue weighted by Crippen LogP contribution is -2.51. The lowest BCUT2D eigenvalue weighted by Gasteiger charge is -2.24. The van der Waals surface area contributed by atoms with Crippen molar-refractivity contribution >= 4 is 11.8 Å². The number of imide groups is 1. The van der Waals surface area contributed by atoms with Gasteiger partial charge < -0.3 is 10.4 Å². The molecule has 2 N–H and O–H groups in total. The quantitative estimate of drug-likeness (QED) is 0.460. The zero-order chi connectivity index (χ0) is 8.27. The third-order valence-corrected chi connectivity index (χ3v) is 1.53. The summed E-state index contributed by atoms with van der Waals surface area (Å²) in [6, 6.07) is 0. The first kappa shape index (κ1) is 8.16. The number of rotatable bonds is 1. The van der Waals surface area contributed by atoms with Crippen molar-refractivity contribution in [2.45, 2.75) is 0 Å². The van der Waals surface area contributed by atoms with E-state index in [2.05, 4.69) is 5.32 Å². The maximum atomic E-state index is 10.9. The van der Waals surface area contributed by atoms with E-state index < -0.39 is 12.5 Å². The average molecular weight is 158 g/mol. The summed E-state index contributed by atoms with van der Waals surface area (Å²) >= 11 is 0. The van der Waals surface area contributed by atoms with Gasteiger partial charge in [-0.1, -0.05) is 0 Å². The molecule has 0 unspecified atom stereocenters. The molecule has 5 nitrogen and oxygen atoms in total. The summed E-state index contributed by atoms with van der Waals surface area (Å²) in [6.07, 6.45) is 0. The maximum absolute atomic E-state index is 10.9. The minimum atomic E-state index is -0.592.